The van der Waals surface area contributed by atoms with Crippen molar-refractivity contribution < 1.29 is 21.6 Å². The summed E-state index contributed by atoms with van der Waals surface area (Å²) in [4.78, 5) is 0. The van der Waals surface area contributed by atoms with Gasteiger partial charge in [0.1, 0.15) is 0 Å². The molecule has 1 atom stereocenters. The van der Waals surface area contributed by atoms with Crippen LogP contribution in [0.1, 0.15) is 38.7 Å². The van der Waals surface area contributed by atoms with E-state index in [-0.39, 0.29) is 0 Å². The first-order valence-electron chi connectivity index (χ1n) is 6.96. The van der Waals surface area contributed by atoms with E-state index in [4.69, 9.17) is 0 Å². The molecule has 3 nitrogen and oxygen atoms in total. The third-order valence-electron chi connectivity index (χ3n) is 3.22. The lowest BCUT2D eigenvalue weighted by Gasteiger charge is -2.18. The van der Waals surface area contributed by atoms with Crippen molar-refractivity contribution in [3.8, 4) is 0 Å². The number of alkyl halides is 3. The minimum Gasteiger partial charge on any atom is -0.204 e. The zero-order valence-electron chi connectivity index (χ0n) is 12.5. The number of rotatable bonds is 7. The molecule has 0 aliphatic rings. The van der Waals surface area contributed by atoms with Crippen molar-refractivity contribution in [2.24, 2.45) is 0 Å². The molecule has 0 aliphatic carbocycles. The molecule has 0 heterocycles. The standard InChI is InChI=1S/C15H20F3NO2S/c1-3-14(19-22(20,21)15(16,17)18)10-9-12(2)11-13-7-5-4-6-8-13/h4-8,11,14,19H,3,9-10H2,1-2H3/b12-11+/t14-/m1/s1. The van der Waals surface area contributed by atoms with Crippen molar-refractivity contribution in [1.82, 2.24) is 4.72 Å². The number of allylic oxidation sites excluding steroid dienone is 1. The molecule has 0 radical (unpaired) electrons. The number of hydrogen-bond donors (Lipinski definition) is 1. The molecule has 0 saturated carbocycles. The average Bonchev–Trinajstić information content (AvgIpc) is 2.43. The quantitative estimate of drug-likeness (QED) is 0.816. The van der Waals surface area contributed by atoms with Crippen LogP contribution in [0.25, 0.3) is 6.08 Å². The number of halogens is 3. The van der Waals surface area contributed by atoms with Gasteiger partial charge in [-0.1, -0.05) is 48.9 Å². The van der Waals surface area contributed by atoms with E-state index in [1.807, 2.05) is 43.3 Å². The van der Waals surface area contributed by atoms with Crippen LogP contribution in [0, 0.1) is 0 Å². The van der Waals surface area contributed by atoms with E-state index in [0.717, 1.165) is 11.1 Å². The number of nitrogens with one attached hydrogen (secondary N) is 1. The molecular weight excluding hydrogens is 315 g/mol. The highest BCUT2D eigenvalue weighted by Crippen LogP contribution is 2.23. The maximum Gasteiger partial charge on any atom is 0.511 e. The van der Waals surface area contributed by atoms with Gasteiger partial charge in [0, 0.05) is 6.04 Å². The highest BCUT2D eigenvalue weighted by Gasteiger charge is 2.46. The van der Waals surface area contributed by atoms with Crippen molar-refractivity contribution >= 4 is 16.1 Å². The molecule has 1 N–H and O–H groups in total. The van der Waals surface area contributed by atoms with Crippen molar-refractivity contribution in [1.29, 1.82) is 0 Å². The molecule has 0 fully saturated rings. The molecule has 0 aliphatic heterocycles. The van der Waals surface area contributed by atoms with Gasteiger partial charge in [0.25, 0.3) is 0 Å². The summed E-state index contributed by atoms with van der Waals surface area (Å²) in [7, 11) is -5.29. The van der Waals surface area contributed by atoms with E-state index < -0.39 is 21.6 Å². The van der Waals surface area contributed by atoms with Gasteiger partial charge < -0.3 is 0 Å². The Morgan fingerprint density at radius 3 is 2.36 bits per heavy atom. The van der Waals surface area contributed by atoms with Crippen molar-refractivity contribution in [3.63, 3.8) is 0 Å². The van der Waals surface area contributed by atoms with Gasteiger partial charge in [-0.2, -0.15) is 13.2 Å². The molecule has 1 aromatic rings. The number of hydrogen-bond acceptors (Lipinski definition) is 2. The lowest BCUT2D eigenvalue weighted by atomic mass is 10.0. The Kier molecular flexibility index (Phi) is 6.62. The summed E-state index contributed by atoms with van der Waals surface area (Å²) >= 11 is 0. The highest BCUT2D eigenvalue weighted by molar-refractivity contribution is 7.90. The third kappa shape index (κ3) is 5.81. The summed E-state index contributed by atoms with van der Waals surface area (Å²) in [5.41, 5.74) is -3.28. The Balaban J connectivity index is 2.63. The zero-order chi connectivity index (χ0) is 16.8. The SMILES string of the molecule is CC[C@H](CC/C(C)=C/c1ccccc1)NS(=O)(=O)C(F)(F)F. The van der Waals surface area contributed by atoms with Crippen LogP contribution in [-0.4, -0.2) is 20.0 Å². The third-order valence-corrected chi connectivity index (χ3v) is 4.47. The van der Waals surface area contributed by atoms with Crippen molar-refractivity contribution in [2.75, 3.05) is 0 Å². The molecule has 22 heavy (non-hydrogen) atoms. The van der Waals surface area contributed by atoms with Crippen LogP contribution in [0.5, 0.6) is 0 Å². The molecule has 0 bridgehead atoms. The highest BCUT2D eigenvalue weighted by atomic mass is 32.2. The molecular formula is C15H20F3NO2S. The Bertz CT molecular complexity index is 595. The summed E-state index contributed by atoms with van der Waals surface area (Å²) < 4.78 is 61.0. The van der Waals surface area contributed by atoms with E-state index in [2.05, 4.69) is 0 Å². The maximum atomic E-state index is 12.4. The maximum absolute atomic E-state index is 12.4. The van der Waals surface area contributed by atoms with Crippen LogP contribution < -0.4 is 4.72 Å². The molecule has 0 spiro atoms. The first kappa shape index (κ1) is 18.7. The van der Waals surface area contributed by atoms with Gasteiger partial charge in [0.05, 0.1) is 0 Å². The Hall–Kier alpha value is -1.34. The van der Waals surface area contributed by atoms with Gasteiger partial charge >= 0.3 is 15.5 Å². The van der Waals surface area contributed by atoms with E-state index in [1.54, 1.807) is 11.6 Å². The summed E-state index contributed by atoms with van der Waals surface area (Å²) in [6, 6.07) is 8.80. The monoisotopic (exact) mass is 335 g/mol. The number of sulfonamides is 1. The van der Waals surface area contributed by atoms with Crippen molar-refractivity contribution in [3.05, 3.63) is 41.5 Å². The summed E-state index contributed by atoms with van der Waals surface area (Å²) in [5, 5.41) is 0. The van der Waals surface area contributed by atoms with E-state index in [0.29, 0.717) is 19.3 Å². The molecule has 7 heteroatoms. The fraction of sp³-hybridized carbons (Fsp3) is 0.467. The average molecular weight is 335 g/mol. The molecule has 0 unspecified atom stereocenters. The predicted octanol–water partition coefficient (Wildman–Crippen LogP) is 4.09. The Morgan fingerprint density at radius 1 is 1.27 bits per heavy atom. The minimum absolute atomic E-state index is 0.300. The van der Waals surface area contributed by atoms with Crippen LogP contribution in [0.15, 0.2) is 35.9 Å². The van der Waals surface area contributed by atoms with Crippen molar-refractivity contribution in [2.45, 2.75) is 44.7 Å². The van der Waals surface area contributed by atoms with Gasteiger partial charge in [-0.05, 0) is 31.7 Å². The van der Waals surface area contributed by atoms with Crippen LogP contribution >= 0.6 is 0 Å². The normalized spacial score (nSPS) is 14.9. The Labute approximate surface area is 129 Å². The van der Waals surface area contributed by atoms with E-state index in [9.17, 15) is 21.6 Å². The fourth-order valence-electron chi connectivity index (χ4n) is 1.94. The molecule has 1 rings (SSSR count). The lowest BCUT2D eigenvalue weighted by molar-refractivity contribution is -0.0451. The number of benzene rings is 1. The first-order chi connectivity index (χ1) is 10.2. The van der Waals surface area contributed by atoms with Crippen LogP contribution in [0.2, 0.25) is 0 Å². The van der Waals surface area contributed by atoms with Gasteiger partial charge in [0.15, 0.2) is 0 Å². The van der Waals surface area contributed by atoms with Crippen LogP contribution in [0.4, 0.5) is 13.2 Å². The van der Waals surface area contributed by atoms with Gasteiger partial charge in [0.2, 0.25) is 0 Å². The molecule has 0 amide bonds. The summed E-state index contributed by atoms with van der Waals surface area (Å²) in [6.45, 7) is 3.53. The first-order valence-corrected chi connectivity index (χ1v) is 8.45. The second kappa shape index (κ2) is 7.78. The minimum atomic E-state index is -5.29. The van der Waals surface area contributed by atoms with Gasteiger partial charge in [-0.15, -0.1) is 0 Å². The summed E-state index contributed by atoms with van der Waals surface area (Å²) in [6.07, 6.45) is 3.08. The zero-order valence-corrected chi connectivity index (χ0v) is 13.3. The van der Waals surface area contributed by atoms with Gasteiger partial charge in [-0.3, -0.25) is 0 Å². The van der Waals surface area contributed by atoms with Crippen LogP contribution in [0.3, 0.4) is 0 Å². The summed E-state index contributed by atoms with van der Waals surface area (Å²) in [5.74, 6) is 0. The molecule has 1 aromatic carbocycles. The topological polar surface area (TPSA) is 46.2 Å². The molecule has 0 aromatic heterocycles. The Morgan fingerprint density at radius 2 is 1.86 bits per heavy atom. The molecule has 124 valence electrons. The van der Waals surface area contributed by atoms with E-state index >= 15 is 0 Å². The second-order valence-electron chi connectivity index (χ2n) is 5.11. The van der Waals surface area contributed by atoms with Crippen LogP contribution in [-0.2, 0) is 10.0 Å². The molecule has 0 saturated heterocycles. The van der Waals surface area contributed by atoms with E-state index in [1.165, 1.54) is 0 Å². The smallest absolute Gasteiger partial charge is 0.204 e. The lowest BCUT2D eigenvalue weighted by Crippen LogP contribution is -2.42. The predicted molar refractivity (Wildman–Crippen MR) is 81.5 cm³/mol. The fourth-order valence-corrected chi connectivity index (χ4v) is 2.80. The second-order valence-corrected chi connectivity index (χ2v) is 6.82. The largest absolute Gasteiger partial charge is 0.511 e. The van der Waals surface area contributed by atoms with Gasteiger partial charge in [-0.25, -0.2) is 13.1 Å².